The molecule has 0 amide bonds. The lowest BCUT2D eigenvalue weighted by atomic mass is 9.90. The molecule has 3 heteroatoms. The molecule has 0 aromatic rings. The molecule has 0 aromatic heterocycles. The van der Waals surface area contributed by atoms with Crippen LogP contribution in [0.4, 0.5) is 0 Å². The maximum absolute atomic E-state index is 11.2. The summed E-state index contributed by atoms with van der Waals surface area (Å²) in [5.41, 5.74) is 0. The first-order valence-corrected chi connectivity index (χ1v) is 4.16. The molecule has 0 N–H and O–H groups in total. The third kappa shape index (κ3) is 1.98. The van der Waals surface area contributed by atoms with Gasteiger partial charge >= 0.3 is 0 Å². The molecule has 13 heavy (non-hydrogen) atoms. The van der Waals surface area contributed by atoms with Gasteiger partial charge in [-0.1, -0.05) is 6.08 Å². The average Bonchev–Trinajstić information content (AvgIpc) is 2.16. The number of rotatable bonds is 3. The van der Waals surface area contributed by atoms with E-state index < -0.39 is 0 Å². The highest BCUT2D eigenvalue weighted by molar-refractivity contribution is 5.91. The predicted molar refractivity (Wildman–Crippen MR) is 49.2 cm³/mol. The Kier molecular flexibility index (Phi) is 3.25. The van der Waals surface area contributed by atoms with Gasteiger partial charge in [-0.05, 0) is 0 Å². The zero-order chi connectivity index (χ0) is 9.84. The molecule has 2 atom stereocenters. The number of ketones is 1. The van der Waals surface area contributed by atoms with E-state index in [0.29, 0.717) is 12.2 Å². The van der Waals surface area contributed by atoms with E-state index in [2.05, 4.69) is 6.58 Å². The molecule has 3 nitrogen and oxygen atoms in total. The van der Waals surface area contributed by atoms with Crippen molar-refractivity contribution in [3.8, 4) is 0 Å². The van der Waals surface area contributed by atoms with Crippen LogP contribution in [0.2, 0.25) is 0 Å². The van der Waals surface area contributed by atoms with Crippen LogP contribution in [0.25, 0.3) is 0 Å². The summed E-state index contributed by atoms with van der Waals surface area (Å²) in [4.78, 5) is 11.2. The molecule has 0 spiro atoms. The number of allylic oxidation sites excluding steroid dienone is 1. The summed E-state index contributed by atoms with van der Waals surface area (Å²) in [6.45, 7) is 3.69. The van der Waals surface area contributed by atoms with Crippen molar-refractivity contribution in [2.75, 3.05) is 14.2 Å². The molecule has 1 rings (SSSR count). The first kappa shape index (κ1) is 9.99. The molecule has 0 heterocycles. The van der Waals surface area contributed by atoms with Crippen molar-refractivity contribution in [1.29, 1.82) is 0 Å². The molecule has 1 aliphatic carbocycles. The largest absolute Gasteiger partial charge is 0.500 e. The number of ether oxygens (including phenoxy) is 2. The molecule has 0 radical (unpaired) electrons. The fourth-order valence-corrected chi connectivity index (χ4v) is 1.52. The van der Waals surface area contributed by atoms with Gasteiger partial charge in [0, 0.05) is 19.6 Å². The maximum atomic E-state index is 11.2. The number of hydrogen-bond acceptors (Lipinski definition) is 3. The number of carbonyl (C=O) groups excluding carboxylic acids is 1. The zero-order valence-electron chi connectivity index (χ0n) is 7.95. The highest BCUT2D eigenvalue weighted by Gasteiger charge is 2.29. The van der Waals surface area contributed by atoms with Crippen LogP contribution in [0.1, 0.15) is 6.42 Å². The third-order valence-corrected chi connectivity index (χ3v) is 2.23. The summed E-state index contributed by atoms with van der Waals surface area (Å²) in [7, 11) is 3.14. The van der Waals surface area contributed by atoms with Gasteiger partial charge in [-0.25, -0.2) is 0 Å². The molecular formula is C10H14O3. The van der Waals surface area contributed by atoms with E-state index in [1.807, 2.05) is 0 Å². The fourth-order valence-electron chi connectivity index (χ4n) is 1.52. The Balaban J connectivity index is 2.90. The van der Waals surface area contributed by atoms with E-state index in [1.54, 1.807) is 20.3 Å². The first-order valence-electron chi connectivity index (χ1n) is 4.16. The fraction of sp³-hybridized carbons (Fsp3) is 0.500. The second-order valence-electron chi connectivity index (χ2n) is 2.96. The Bertz CT molecular complexity index is 243. The molecule has 0 bridgehead atoms. The number of carbonyl (C=O) groups is 1. The molecule has 0 fully saturated rings. The SMILES string of the molecule is C=CC1C(OC)=CC(=O)CC1OC. The molecule has 0 aliphatic heterocycles. The Morgan fingerprint density at radius 3 is 2.77 bits per heavy atom. The van der Waals surface area contributed by atoms with Crippen LogP contribution in [0, 0.1) is 5.92 Å². The second-order valence-corrected chi connectivity index (χ2v) is 2.96. The Labute approximate surface area is 78.0 Å². The van der Waals surface area contributed by atoms with Gasteiger partial charge in [-0.15, -0.1) is 6.58 Å². The summed E-state index contributed by atoms with van der Waals surface area (Å²) in [5.74, 6) is 0.674. The van der Waals surface area contributed by atoms with Crippen molar-refractivity contribution in [2.45, 2.75) is 12.5 Å². The molecule has 2 unspecified atom stereocenters. The van der Waals surface area contributed by atoms with Gasteiger partial charge in [0.2, 0.25) is 0 Å². The van der Waals surface area contributed by atoms with E-state index >= 15 is 0 Å². The monoisotopic (exact) mass is 182 g/mol. The molecular weight excluding hydrogens is 168 g/mol. The highest BCUT2D eigenvalue weighted by atomic mass is 16.5. The van der Waals surface area contributed by atoms with Crippen molar-refractivity contribution in [3.05, 3.63) is 24.5 Å². The highest BCUT2D eigenvalue weighted by Crippen LogP contribution is 2.26. The third-order valence-electron chi connectivity index (χ3n) is 2.23. The van der Waals surface area contributed by atoms with E-state index in [9.17, 15) is 4.79 Å². The molecule has 0 saturated heterocycles. The van der Waals surface area contributed by atoms with Crippen LogP contribution in [0.3, 0.4) is 0 Å². The maximum Gasteiger partial charge on any atom is 0.161 e. The lowest BCUT2D eigenvalue weighted by Crippen LogP contribution is -2.30. The quantitative estimate of drug-likeness (QED) is 0.617. The van der Waals surface area contributed by atoms with Crippen LogP contribution < -0.4 is 0 Å². The van der Waals surface area contributed by atoms with Gasteiger partial charge in [-0.2, -0.15) is 0 Å². The minimum absolute atomic E-state index is 0.00676. The summed E-state index contributed by atoms with van der Waals surface area (Å²) in [5, 5.41) is 0. The average molecular weight is 182 g/mol. The van der Waals surface area contributed by atoms with Gasteiger partial charge in [0.1, 0.15) is 5.76 Å². The van der Waals surface area contributed by atoms with Crippen molar-refractivity contribution >= 4 is 5.78 Å². The topological polar surface area (TPSA) is 35.5 Å². The Morgan fingerprint density at radius 1 is 1.62 bits per heavy atom. The predicted octanol–water partition coefficient (Wildman–Crippen LogP) is 1.31. The molecule has 1 aliphatic rings. The normalized spacial score (nSPS) is 28.2. The minimum Gasteiger partial charge on any atom is -0.500 e. The number of hydrogen-bond donors (Lipinski definition) is 0. The van der Waals surface area contributed by atoms with Crippen LogP contribution in [-0.2, 0) is 14.3 Å². The first-order chi connectivity index (χ1) is 6.22. The summed E-state index contributed by atoms with van der Waals surface area (Å²) in [6, 6.07) is 0. The van der Waals surface area contributed by atoms with Gasteiger partial charge in [0.05, 0.1) is 19.1 Å². The lowest BCUT2D eigenvalue weighted by molar-refractivity contribution is -0.118. The van der Waals surface area contributed by atoms with Crippen molar-refractivity contribution in [3.63, 3.8) is 0 Å². The minimum atomic E-state index is -0.134. The second kappa shape index (κ2) is 4.23. The van der Waals surface area contributed by atoms with Crippen LogP contribution >= 0.6 is 0 Å². The molecule has 72 valence electrons. The van der Waals surface area contributed by atoms with E-state index in [1.165, 1.54) is 6.08 Å². The van der Waals surface area contributed by atoms with Crippen molar-refractivity contribution in [2.24, 2.45) is 5.92 Å². The van der Waals surface area contributed by atoms with Crippen LogP contribution in [0.5, 0.6) is 0 Å². The summed E-state index contributed by atoms with van der Waals surface area (Å²) < 4.78 is 10.3. The van der Waals surface area contributed by atoms with E-state index in [-0.39, 0.29) is 17.8 Å². The summed E-state index contributed by atoms with van der Waals surface area (Å²) in [6.07, 6.45) is 3.53. The van der Waals surface area contributed by atoms with Gasteiger partial charge in [0.15, 0.2) is 5.78 Å². The zero-order valence-corrected chi connectivity index (χ0v) is 7.95. The van der Waals surface area contributed by atoms with Crippen LogP contribution in [0.15, 0.2) is 24.5 Å². The van der Waals surface area contributed by atoms with E-state index in [0.717, 1.165) is 0 Å². The standard InChI is InChI=1S/C10H14O3/c1-4-8-9(12-2)5-7(11)6-10(8)13-3/h4-5,8,10H,1,6H2,2-3H3. The van der Waals surface area contributed by atoms with Crippen molar-refractivity contribution < 1.29 is 14.3 Å². The van der Waals surface area contributed by atoms with Crippen LogP contribution in [-0.4, -0.2) is 26.1 Å². The van der Waals surface area contributed by atoms with E-state index in [4.69, 9.17) is 9.47 Å². The Morgan fingerprint density at radius 2 is 2.31 bits per heavy atom. The number of methoxy groups -OCH3 is 2. The van der Waals surface area contributed by atoms with Crippen molar-refractivity contribution in [1.82, 2.24) is 0 Å². The summed E-state index contributed by atoms with van der Waals surface area (Å²) >= 11 is 0. The smallest absolute Gasteiger partial charge is 0.161 e. The van der Waals surface area contributed by atoms with Gasteiger partial charge in [0.25, 0.3) is 0 Å². The Hall–Kier alpha value is -1.09. The molecule has 0 saturated carbocycles. The van der Waals surface area contributed by atoms with Gasteiger partial charge < -0.3 is 9.47 Å². The van der Waals surface area contributed by atoms with Gasteiger partial charge in [-0.3, -0.25) is 4.79 Å². The lowest BCUT2D eigenvalue weighted by Gasteiger charge is -2.27. The molecule has 0 aromatic carbocycles.